The first-order valence-electron chi connectivity index (χ1n) is 13.9. The Labute approximate surface area is 269 Å². The van der Waals surface area contributed by atoms with E-state index in [0.29, 0.717) is 44.9 Å². The number of hydrogen-bond acceptors (Lipinski definition) is 7. The molecule has 3 N–H and O–H groups in total. The van der Waals surface area contributed by atoms with Crippen LogP contribution < -0.4 is 15.6 Å². The van der Waals surface area contributed by atoms with Crippen LogP contribution in [-0.2, 0) is 4.79 Å². The van der Waals surface area contributed by atoms with Gasteiger partial charge in [-0.3, -0.25) is 25.0 Å². The van der Waals surface area contributed by atoms with Crippen molar-refractivity contribution in [3.63, 3.8) is 0 Å². The number of hydrogen-bond donors (Lipinski definition) is 3. The van der Waals surface area contributed by atoms with E-state index in [1.807, 2.05) is 0 Å². The Bertz CT molecular complexity index is 1620. The fraction of sp³-hybridized carbons (Fsp3) is 0.267. The molecule has 3 aromatic carbocycles. The molecule has 15 heteroatoms. The molecule has 0 bridgehead atoms. The van der Waals surface area contributed by atoms with Crippen molar-refractivity contribution in [1.29, 1.82) is 0 Å². The summed E-state index contributed by atoms with van der Waals surface area (Å²) in [6, 6.07) is 17.4. The van der Waals surface area contributed by atoms with Crippen molar-refractivity contribution < 1.29 is 24.5 Å². The Hall–Kier alpha value is -4.72. The van der Waals surface area contributed by atoms with Gasteiger partial charge in [0.25, 0.3) is 5.69 Å². The fourth-order valence-electron chi connectivity index (χ4n) is 4.97. The second kappa shape index (κ2) is 14.4. The van der Waals surface area contributed by atoms with Crippen LogP contribution in [0.1, 0.15) is 38.7 Å². The van der Waals surface area contributed by atoms with Crippen LogP contribution in [0.3, 0.4) is 0 Å². The predicted molar refractivity (Wildman–Crippen MR) is 171 cm³/mol. The highest BCUT2D eigenvalue weighted by Gasteiger charge is 2.55. The topological polar surface area (TPSA) is 161 Å². The van der Waals surface area contributed by atoms with Gasteiger partial charge in [0.05, 0.1) is 16.7 Å². The van der Waals surface area contributed by atoms with Gasteiger partial charge in [-0.25, -0.2) is 15.0 Å². The zero-order chi connectivity index (χ0) is 32.7. The molecule has 0 unspecified atom stereocenters. The van der Waals surface area contributed by atoms with E-state index in [-0.39, 0.29) is 24.6 Å². The van der Waals surface area contributed by atoms with Crippen molar-refractivity contribution in [2.75, 3.05) is 16.8 Å². The minimum Gasteiger partial charge on any atom is -0.315 e. The molecule has 0 radical (unpaired) electrons. The molecule has 0 aliphatic carbocycles. The third-order valence-corrected chi connectivity index (χ3v) is 7.60. The first-order chi connectivity index (χ1) is 21.4. The summed E-state index contributed by atoms with van der Waals surface area (Å²) in [5.74, 6) is -0.374. The maximum Gasteiger partial charge on any atom is 0.347 e. The summed E-state index contributed by atoms with van der Waals surface area (Å²) in [5, 5.41) is 29.8. The van der Waals surface area contributed by atoms with E-state index in [2.05, 4.69) is 15.8 Å². The van der Waals surface area contributed by atoms with Gasteiger partial charge < -0.3 is 10.2 Å². The zero-order valence-corrected chi connectivity index (χ0v) is 25.9. The molecule has 45 heavy (non-hydrogen) atoms. The molecule has 0 aromatic heterocycles. The first-order valence-corrected chi connectivity index (χ1v) is 14.6. The summed E-state index contributed by atoms with van der Waals surface area (Å²) in [5.41, 5.74) is 2.40. The largest absolute Gasteiger partial charge is 0.347 e. The van der Waals surface area contributed by atoms with Crippen LogP contribution in [0.4, 0.5) is 26.7 Å². The number of benzene rings is 3. The highest BCUT2D eigenvalue weighted by atomic mass is 35.5. The summed E-state index contributed by atoms with van der Waals surface area (Å²) < 4.78 is 0. The van der Waals surface area contributed by atoms with E-state index < -0.39 is 28.7 Å². The number of anilines is 2. The van der Waals surface area contributed by atoms with Gasteiger partial charge in [0.1, 0.15) is 0 Å². The molecule has 236 valence electrons. The molecule has 13 nitrogen and oxygen atoms in total. The number of nitrogens with one attached hydrogen (secondary N) is 2. The molecule has 1 saturated heterocycles. The van der Waals surface area contributed by atoms with Crippen LogP contribution in [-0.4, -0.2) is 62.5 Å². The number of rotatable bonds is 11. The van der Waals surface area contributed by atoms with Gasteiger partial charge in [0.2, 0.25) is 5.91 Å². The van der Waals surface area contributed by atoms with E-state index >= 15 is 0 Å². The minimum atomic E-state index is -1.16. The molecule has 1 atom stereocenters. The summed E-state index contributed by atoms with van der Waals surface area (Å²) in [7, 11) is 0. The van der Waals surface area contributed by atoms with E-state index in [4.69, 9.17) is 23.2 Å². The van der Waals surface area contributed by atoms with E-state index in [0.717, 1.165) is 0 Å². The number of amides is 5. The Balaban J connectivity index is 1.42. The lowest BCUT2D eigenvalue weighted by molar-refractivity contribution is -0.384. The number of carbonyl (C=O) groups excluding carboxylic acids is 3. The monoisotopic (exact) mass is 655 g/mol. The quantitative estimate of drug-likeness (QED) is 0.0703. The smallest absolute Gasteiger partial charge is 0.315 e. The number of nitro groups is 1. The molecule has 1 heterocycles. The maximum atomic E-state index is 13.8. The lowest BCUT2D eigenvalue weighted by atomic mass is 9.99. The van der Waals surface area contributed by atoms with Crippen LogP contribution in [0.15, 0.2) is 77.9 Å². The normalized spacial score (nSPS) is 15.8. The highest BCUT2D eigenvalue weighted by Crippen LogP contribution is 2.39. The SMILES string of the molecule is CC1(C)[C@H](N(O)C(=O)Nc2cccc(Cl)c2)N(c2cccc(Cl)c2)C(=O)N1CCCCC(=O)N/N=C/c1cccc([N+](=O)[O-])c1. The van der Waals surface area contributed by atoms with Gasteiger partial charge in [0, 0.05) is 52.1 Å². The average Bonchev–Trinajstić information content (AvgIpc) is 3.19. The Morgan fingerprint density at radius 3 is 2.44 bits per heavy atom. The molecule has 1 fully saturated rings. The van der Waals surface area contributed by atoms with Crippen LogP contribution in [0.5, 0.6) is 0 Å². The molecule has 4 rings (SSSR count). The number of hydrazone groups is 1. The molecular weight excluding hydrogens is 625 g/mol. The summed E-state index contributed by atoms with van der Waals surface area (Å²) in [6.07, 6.45) is 1.08. The van der Waals surface area contributed by atoms with Gasteiger partial charge in [-0.2, -0.15) is 10.2 Å². The van der Waals surface area contributed by atoms with E-state index in [9.17, 15) is 29.7 Å². The molecule has 1 aliphatic heterocycles. The van der Waals surface area contributed by atoms with Crippen molar-refractivity contribution >= 4 is 64.4 Å². The number of hydroxylamine groups is 2. The molecule has 5 amide bonds. The molecule has 1 aliphatic rings. The second-order valence-electron chi connectivity index (χ2n) is 10.7. The van der Waals surface area contributed by atoms with Gasteiger partial charge in [0.15, 0.2) is 6.17 Å². The lowest BCUT2D eigenvalue weighted by Crippen LogP contribution is -2.58. The van der Waals surface area contributed by atoms with Gasteiger partial charge >= 0.3 is 12.1 Å². The number of halogens is 2. The highest BCUT2D eigenvalue weighted by molar-refractivity contribution is 6.31. The molecule has 0 spiro atoms. The zero-order valence-electron chi connectivity index (χ0n) is 24.4. The number of nitro benzene ring substituents is 1. The van der Waals surface area contributed by atoms with Crippen LogP contribution in [0.25, 0.3) is 0 Å². The lowest BCUT2D eigenvalue weighted by Gasteiger charge is -2.38. The average molecular weight is 657 g/mol. The summed E-state index contributed by atoms with van der Waals surface area (Å²) in [4.78, 5) is 52.6. The van der Waals surface area contributed by atoms with Gasteiger partial charge in [-0.05, 0) is 63.1 Å². The number of non-ortho nitro benzene ring substituents is 1. The number of unbranched alkanes of at least 4 members (excludes halogenated alkanes) is 1. The van der Waals surface area contributed by atoms with E-state index in [1.165, 1.54) is 40.3 Å². The first kappa shape index (κ1) is 33.2. The van der Waals surface area contributed by atoms with Crippen molar-refractivity contribution in [1.82, 2.24) is 15.4 Å². The van der Waals surface area contributed by atoms with Crippen molar-refractivity contribution in [3.8, 4) is 0 Å². The Morgan fingerprint density at radius 2 is 1.76 bits per heavy atom. The third kappa shape index (κ3) is 8.06. The molecular formula is C30H31Cl2N7O6. The van der Waals surface area contributed by atoms with Gasteiger partial charge in [-0.15, -0.1) is 0 Å². The van der Waals surface area contributed by atoms with Crippen molar-refractivity contribution in [3.05, 3.63) is 98.5 Å². The van der Waals surface area contributed by atoms with Gasteiger partial charge in [-0.1, -0.05) is 47.5 Å². The van der Waals surface area contributed by atoms with Crippen molar-refractivity contribution in [2.45, 2.75) is 44.8 Å². The Morgan fingerprint density at radius 1 is 1.07 bits per heavy atom. The number of nitrogens with zero attached hydrogens (tertiary/aromatic N) is 5. The number of urea groups is 2. The predicted octanol–water partition coefficient (Wildman–Crippen LogP) is 6.49. The standard InChI is InChI=1S/C30H31Cl2N7O6/c1-30(2)27(38(43)28(41)34-23-11-6-9-21(31)17-23)37(24-12-7-10-22(32)18-24)29(42)36(30)15-4-3-14-26(40)35-33-19-20-8-5-13-25(16-20)39(44)45/h5-13,16-19,27,43H,3-4,14-15H2,1-2H3,(H,34,41)(H,35,40)/b33-19+/t27-/m0/s1. The number of carbonyl (C=O) groups is 3. The van der Waals surface area contributed by atoms with Crippen molar-refractivity contribution in [2.24, 2.45) is 5.10 Å². The van der Waals surface area contributed by atoms with E-state index in [1.54, 1.807) is 62.4 Å². The maximum absolute atomic E-state index is 13.8. The van der Waals surface area contributed by atoms with Crippen LogP contribution in [0.2, 0.25) is 10.0 Å². The molecule has 3 aromatic rings. The fourth-order valence-corrected chi connectivity index (χ4v) is 5.35. The third-order valence-electron chi connectivity index (χ3n) is 7.13. The summed E-state index contributed by atoms with van der Waals surface area (Å²) in [6.45, 7) is 3.67. The van der Waals surface area contributed by atoms with Crippen LogP contribution >= 0.6 is 23.2 Å². The second-order valence-corrected chi connectivity index (χ2v) is 11.6. The minimum absolute atomic E-state index is 0.0908. The molecule has 0 saturated carbocycles. The summed E-state index contributed by atoms with van der Waals surface area (Å²) >= 11 is 12.2. The Kier molecular flexibility index (Phi) is 10.6. The van der Waals surface area contributed by atoms with Crippen LogP contribution in [0, 0.1) is 10.1 Å².